The van der Waals surface area contributed by atoms with E-state index in [9.17, 15) is 9.59 Å². The van der Waals surface area contributed by atoms with Gasteiger partial charge in [0.1, 0.15) is 5.75 Å². The van der Waals surface area contributed by atoms with Crippen LogP contribution in [0.15, 0.2) is 35.7 Å². The Kier molecular flexibility index (Phi) is 5.12. The molecule has 3 aliphatic heterocycles. The van der Waals surface area contributed by atoms with Gasteiger partial charge in [-0.2, -0.15) is 0 Å². The van der Waals surface area contributed by atoms with E-state index in [0.717, 1.165) is 25.4 Å². The van der Waals surface area contributed by atoms with E-state index >= 15 is 0 Å². The van der Waals surface area contributed by atoms with Crippen molar-refractivity contribution in [3.8, 4) is 10.8 Å². The molecule has 3 fully saturated rings. The molecule has 2 aromatic rings. The fraction of sp³-hybridized carbons (Fsp3) is 0.429. The van der Waals surface area contributed by atoms with E-state index in [1.807, 2.05) is 5.38 Å². The first kappa shape index (κ1) is 19.0. The molecule has 0 spiro atoms. The topological polar surface area (TPSA) is 70.7 Å². The van der Waals surface area contributed by atoms with Crippen LogP contribution in [0.25, 0.3) is 0 Å². The first-order valence-corrected chi connectivity index (χ1v) is 10.5. The molecule has 3 saturated heterocycles. The summed E-state index contributed by atoms with van der Waals surface area (Å²) in [6.07, 6.45) is 3.50. The van der Waals surface area contributed by atoms with Crippen molar-refractivity contribution in [1.82, 2.24) is 10.2 Å². The lowest BCUT2D eigenvalue weighted by molar-refractivity contribution is -0.114. The molecule has 5 rings (SSSR count). The minimum Gasteiger partial charge on any atom is -0.447 e. The quantitative estimate of drug-likeness (QED) is 0.795. The first-order chi connectivity index (χ1) is 13.4. The number of hydrogen-bond acceptors (Lipinski definition) is 5. The second-order valence-corrected chi connectivity index (χ2v) is 8.70. The molecule has 0 unspecified atom stereocenters. The average Bonchev–Trinajstić information content (AvgIpc) is 3.08. The van der Waals surface area contributed by atoms with Crippen molar-refractivity contribution >= 4 is 28.8 Å². The summed E-state index contributed by atoms with van der Waals surface area (Å²) >= 11 is 1.40. The maximum Gasteiger partial charge on any atom is 0.252 e. The molecule has 2 bridgehead atoms. The summed E-state index contributed by atoms with van der Waals surface area (Å²) in [4.78, 5) is 26.2. The second kappa shape index (κ2) is 7.56. The summed E-state index contributed by atoms with van der Waals surface area (Å²) in [7, 11) is 0. The van der Waals surface area contributed by atoms with E-state index in [2.05, 4.69) is 22.5 Å². The number of anilines is 1. The summed E-state index contributed by atoms with van der Waals surface area (Å²) in [5.74, 6) is 1.21. The molecule has 4 heterocycles. The molecule has 2 N–H and O–H groups in total. The normalized spacial score (nSPS) is 25.9. The number of ether oxygens (including phenoxy) is 1. The number of nitrogens with zero attached hydrogens (tertiary/aromatic N) is 1. The molecule has 7 heteroatoms. The third kappa shape index (κ3) is 4.05. The van der Waals surface area contributed by atoms with Gasteiger partial charge >= 0.3 is 0 Å². The molecular weight excluding hydrogens is 374 g/mol. The predicted molar refractivity (Wildman–Crippen MR) is 110 cm³/mol. The maximum absolute atomic E-state index is 12.8. The fourth-order valence-electron chi connectivity index (χ4n) is 4.20. The lowest BCUT2D eigenvalue weighted by atomic mass is 9.80. The third-order valence-electron chi connectivity index (χ3n) is 5.61. The van der Waals surface area contributed by atoms with Crippen molar-refractivity contribution < 1.29 is 14.3 Å². The van der Waals surface area contributed by atoms with Gasteiger partial charge in [-0.3, -0.25) is 14.5 Å². The van der Waals surface area contributed by atoms with Gasteiger partial charge in [0.2, 0.25) is 5.91 Å². The van der Waals surface area contributed by atoms with Gasteiger partial charge in [0.05, 0.1) is 11.4 Å². The highest BCUT2D eigenvalue weighted by Crippen LogP contribution is 2.37. The van der Waals surface area contributed by atoms with Crippen LogP contribution in [0.2, 0.25) is 0 Å². The average molecular weight is 400 g/mol. The summed E-state index contributed by atoms with van der Waals surface area (Å²) < 4.78 is 5.81. The smallest absolute Gasteiger partial charge is 0.252 e. The highest BCUT2D eigenvalue weighted by molar-refractivity contribution is 7.12. The molecule has 0 saturated carbocycles. The van der Waals surface area contributed by atoms with Crippen molar-refractivity contribution in [3.63, 3.8) is 0 Å². The monoisotopic (exact) mass is 399 g/mol. The van der Waals surface area contributed by atoms with Crippen molar-refractivity contribution in [1.29, 1.82) is 0 Å². The Morgan fingerprint density at radius 2 is 1.93 bits per heavy atom. The highest BCUT2D eigenvalue weighted by atomic mass is 32.1. The van der Waals surface area contributed by atoms with E-state index < -0.39 is 0 Å². The molecule has 0 radical (unpaired) electrons. The Hall–Kier alpha value is -2.38. The molecule has 148 valence electrons. The first-order valence-electron chi connectivity index (χ1n) is 9.63. The van der Waals surface area contributed by atoms with Crippen LogP contribution in [0.5, 0.6) is 10.8 Å². The van der Waals surface area contributed by atoms with Crippen LogP contribution in [0, 0.1) is 5.92 Å². The molecule has 1 aromatic carbocycles. The van der Waals surface area contributed by atoms with E-state index in [-0.39, 0.29) is 17.5 Å². The summed E-state index contributed by atoms with van der Waals surface area (Å²) in [5.41, 5.74) is 1.10. The zero-order valence-electron chi connectivity index (χ0n) is 16.2. The number of piperidine rings is 3. The number of carbonyl (C=O) groups excluding carboxylic acids is 2. The Labute approximate surface area is 168 Å². The molecule has 6 nitrogen and oxygen atoms in total. The highest BCUT2D eigenvalue weighted by Gasteiger charge is 2.43. The maximum atomic E-state index is 12.8. The Bertz CT molecular complexity index is 871. The molecule has 3 aliphatic rings. The van der Waals surface area contributed by atoms with Crippen LogP contribution in [0.3, 0.4) is 0 Å². The van der Waals surface area contributed by atoms with Crippen molar-refractivity contribution in [2.75, 3.05) is 18.4 Å². The van der Waals surface area contributed by atoms with Crippen LogP contribution in [0.1, 0.15) is 43.5 Å². The number of thiophene rings is 1. The van der Waals surface area contributed by atoms with Crippen molar-refractivity contribution in [2.24, 2.45) is 5.92 Å². The third-order valence-corrected chi connectivity index (χ3v) is 6.42. The van der Waals surface area contributed by atoms with Crippen molar-refractivity contribution in [3.05, 3.63) is 41.3 Å². The van der Waals surface area contributed by atoms with Gasteiger partial charge in [0, 0.05) is 37.0 Å². The number of nitrogens with one attached hydrogen (secondary N) is 2. The van der Waals surface area contributed by atoms with Crippen LogP contribution in [-0.2, 0) is 4.79 Å². The number of amides is 2. The predicted octanol–water partition coefficient (Wildman–Crippen LogP) is 4.06. The molecule has 2 amide bonds. The zero-order valence-corrected chi connectivity index (χ0v) is 17.0. The number of hydrogen-bond donors (Lipinski definition) is 2. The van der Waals surface area contributed by atoms with E-state index in [1.54, 1.807) is 30.3 Å². The lowest BCUT2D eigenvalue weighted by Gasteiger charge is -2.52. The van der Waals surface area contributed by atoms with Crippen LogP contribution < -0.4 is 15.4 Å². The minimum absolute atomic E-state index is 0.0503. The van der Waals surface area contributed by atoms with Gasteiger partial charge in [-0.15, -0.1) is 11.3 Å². The zero-order chi connectivity index (χ0) is 19.7. The number of fused-ring (bicyclic) bond motifs is 3. The van der Waals surface area contributed by atoms with Gasteiger partial charge in [0.25, 0.3) is 5.91 Å². The molecule has 1 atom stereocenters. The van der Waals surface area contributed by atoms with Gasteiger partial charge in [-0.05, 0) is 56.4 Å². The Morgan fingerprint density at radius 3 is 2.54 bits per heavy atom. The molecule has 28 heavy (non-hydrogen) atoms. The molecule has 1 aromatic heterocycles. The number of rotatable bonds is 5. The summed E-state index contributed by atoms with van der Waals surface area (Å²) in [6.45, 7) is 5.74. The van der Waals surface area contributed by atoms with Crippen molar-refractivity contribution in [2.45, 2.75) is 38.8 Å². The minimum atomic E-state index is -0.246. The lowest BCUT2D eigenvalue weighted by Crippen LogP contribution is -2.65. The molecular formula is C21H25N3O3S. The largest absolute Gasteiger partial charge is 0.447 e. The SMILES string of the molecule is CC(=O)Nc1csc(Oc2ccc(C(=O)N[C@]3(C)CC4CCN3CC4)cc2)c1. The standard InChI is InChI=1S/C21H25N3O3S/c1-14(25)22-17-11-19(28-13-17)27-18-5-3-16(4-6-18)20(26)23-21(2)12-15-7-9-24(21)10-8-15/h3-6,11,13,15H,7-10,12H2,1-2H3,(H,22,25)(H,23,26)/t21-/m0/s1. The van der Waals surface area contributed by atoms with E-state index in [4.69, 9.17) is 4.74 Å². The van der Waals surface area contributed by atoms with Crippen LogP contribution in [0.4, 0.5) is 5.69 Å². The molecule has 0 aliphatic carbocycles. The fourth-order valence-corrected chi connectivity index (χ4v) is 4.91. The van der Waals surface area contributed by atoms with Gasteiger partial charge in [-0.25, -0.2) is 0 Å². The van der Waals surface area contributed by atoms with Gasteiger partial charge < -0.3 is 15.4 Å². The Morgan fingerprint density at radius 1 is 1.21 bits per heavy atom. The van der Waals surface area contributed by atoms with Crippen LogP contribution in [-0.4, -0.2) is 35.5 Å². The Balaban J connectivity index is 1.38. The van der Waals surface area contributed by atoms with Gasteiger partial charge in [0.15, 0.2) is 5.06 Å². The van der Waals surface area contributed by atoms with Gasteiger partial charge in [-0.1, -0.05) is 0 Å². The van der Waals surface area contributed by atoms with Crippen LogP contribution >= 0.6 is 11.3 Å². The van der Waals surface area contributed by atoms with E-state index in [0.29, 0.717) is 22.1 Å². The second-order valence-electron chi connectivity index (χ2n) is 7.82. The summed E-state index contributed by atoms with van der Waals surface area (Å²) in [6, 6.07) is 8.93. The van der Waals surface area contributed by atoms with E-state index in [1.165, 1.54) is 31.1 Å². The number of benzene rings is 1. The summed E-state index contributed by atoms with van der Waals surface area (Å²) in [5, 5.41) is 8.47. The number of carbonyl (C=O) groups is 2.